The Morgan fingerprint density at radius 2 is 1.95 bits per heavy atom. The molecule has 1 N–H and O–H groups in total. The van der Waals surface area contributed by atoms with E-state index in [9.17, 15) is 9.59 Å². The van der Waals surface area contributed by atoms with Crippen LogP contribution < -0.4 is 9.64 Å². The Bertz CT molecular complexity index is 461. The highest BCUT2D eigenvalue weighted by Crippen LogP contribution is 2.21. The number of rotatable bonds is 7. The Hall–Kier alpha value is -1.69. The second-order valence-corrected chi connectivity index (χ2v) is 4.69. The molecule has 1 aromatic carbocycles. The normalized spacial score (nSPS) is 11.8. The minimum absolute atomic E-state index is 0.258. The molecule has 0 aliphatic carbocycles. The zero-order valence-electron chi connectivity index (χ0n) is 11.6. The van der Waals surface area contributed by atoms with Crippen LogP contribution in [0.3, 0.4) is 0 Å². The van der Waals surface area contributed by atoms with Gasteiger partial charge in [-0.05, 0) is 31.2 Å². The maximum absolute atomic E-state index is 12.2. The van der Waals surface area contributed by atoms with Crippen molar-refractivity contribution in [3.8, 4) is 5.75 Å². The van der Waals surface area contributed by atoms with Crippen LogP contribution in [0, 0.1) is 5.92 Å². The molecule has 0 fully saturated rings. The first-order chi connectivity index (χ1) is 9.49. The highest BCUT2D eigenvalue weighted by atomic mass is 32.1. The third-order valence-electron chi connectivity index (χ3n) is 2.71. The molecule has 1 rings (SSSR count). The number of ether oxygens (including phenoxy) is 1. The standard InChI is InChI=1S/C14H19NO4S/c1-3-19-12-6-4-11(5-7-12)15(8-13(16)17)14(18)10(2)9-20/h4-7,10,20H,3,8-9H2,1-2H3,(H,16,17)/t10-/m1/s1. The number of carboxylic acid groups (broad SMARTS) is 1. The molecule has 0 aliphatic heterocycles. The van der Waals surface area contributed by atoms with Gasteiger partial charge in [-0.2, -0.15) is 12.6 Å². The van der Waals surface area contributed by atoms with Crippen LogP contribution in [0.5, 0.6) is 5.75 Å². The fourth-order valence-corrected chi connectivity index (χ4v) is 1.82. The topological polar surface area (TPSA) is 66.8 Å². The van der Waals surface area contributed by atoms with Crippen molar-refractivity contribution in [2.75, 3.05) is 23.8 Å². The summed E-state index contributed by atoms with van der Waals surface area (Å²) in [4.78, 5) is 24.4. The molecule has 0 saturated heterocycles. The van der Waals surface area contributed by atoms with Crippen molar-refractivity contribution in [2.24, 2.45) is 5.92 Å². The number of anilines is 1. The molecular formula is C14H19NO4S. The molecule has 0 saturated carbocycles. The van der Waals surface area contributed by atoms with Gasteiger partial charge in [-0.15, -0.1) is 0 Å². The average Bonchev–Trinajstić information content (AvgIpc) is 2.44. The average molecular weight is 297 g/mol. The molecule has 6 heteroatoms. The summed E-state index contributed by atoms with van der Waals surface area (Å²) in [5.74, 6) is -0.609. The number of thiol groups is 1. The lowest BCUT2D eigenvalue weighted by Gasteiger charge is -2.23. The van der Waals surface area contributed by atoms with Gasteiger partial charge in [-0.1, -0.05) is 6.92 Å². The highest BCUT2D eigenvalue weighted by molar-refractivity contribution is 7.80. The Labute approximate surface area is 123 Å². The highest BCUT2D eigenvalue weighted by Gasteiger charge is 2.23. The van der Waals surface area contributed by atoms with Crippen molar-refractivity contribution in [3.63, 3.8) is 0 Å². The van der Waals surface area contributed by atoms with E-state index in [2.05, 4.69) is 12.6 Å². The fraction of sp³-hybridized carbons (Fsp3) is 0.429. The van der Waals surface area contributed by atoms with Gasteiger partial charge in [-0.25, -0.2) is 0 Å². The zero-order chi connectivity index (χ0) is 15.1. The molecule has 0 aliphatic rings. The number of hydrogen-bond acceptors (Lipinski definition) is 4. The lowest BCUT2D eigenvalue weighted by atomic mass is 10.1. The van der Waals surface area contributed by atoms with Gasteiger partial charge in [0.05, 0.1) is 6.61 Å². The van der Waals surface area contributed by atoms with Gasteiger partial charge in [0, 0.05) is 17.4 Å². The summed E-state index contributed by atoms with van der Waals surface area (Å²) in [5, 5.41) is 8.95. The number of hydrogen-bond donors (Lipinski definition) is 2. The Morgan fingerprint density at radius 3 is 2.40 bits per heavy atom. The zero-order valence-corrected chi connectivity index (χ0v) is 12.5. The smallest absolute Gasteiger partial charge is 0.323 e. The van der Waals surface area contributed by atoms with Crippen LogP contribution in [-0.2, 0) is 9.59 Å². The molecule has 1 aromatic rings. The van der Waals surface area contributed by atoms with E-state index >= 15 is 0 Å². The van der Waals surface area contributed by atoms with Gasteiger partial charge < -0.3 is 14.7 Å². The number of benzene rings is 1. The summed E-state index contributed by atoms with van der Waals surface area (Å²) in [6.07, 6.45) is 0. The van der Waals surface area contributed by atoms with Crippen molar-refractivity contribution in [2.45, 2.75) is 13.8 Å². The second-order valence-electron chi connectivity index (χ2n) is 4.33. The largest absolute Gasteiger partial charge is 0.494 e. The van der Waals surface area contributed by atoms with Crippen molar-refractivity contribution in [1.29, 1.82) is 0 Å². The summed E-state index contributed by atoms with van der Waals surface area (Å²) < 4.78 is 5.32. The van der Waals surface area contributed by atoms with Crippen LogP contribution in [0.25, 0.3) is 0 Å². The monoisotopic (exact) mass is 297 g/mol. The fourth-order valence-electron chi connectivity index (χ4n) is 1.66. The molecule has 1 atom stereocenters. The van der Waals surface area contributed by atoms with Crippen molar-refractivity contribution >= 4 is 30.2 Å². The van der Waals surface area contributed by atoms with Gasteiger partial charge >= 0.3 is 5.97 Å². The summed E-state index contributed by atoms with van der Waals surface area (Å²) >= 11 is 4.08. The van der Waals surface area contributed by atoms with E-state index in [0.717, 1.165) is 0 Å². The molecule has 20 heavy (non-hydrogen) atoms. The molecule has 1 amide bonds. The second kappa shape index (κ2) is 7.79. The van der Waals surface area contributed by atoms with Crippen LogP contribution in [0.2, 0.25) is 0 Å². The number of carbonyl (C=O) groups excluding carboxylic acids is 1. The van der Waals surface area contributed by atoms with E-state index in [0.29, 0.717) is 23.8 Å². The Morgan fingerprint density at radius 1 is 1.35 bits per heavy atom. The van der Waals surface area contributed by atoms with Crippen LogP contribution in [-0.4, -0.2) is 35.9 Å². The number of carbonyl (C=O) groups is 2. The number of nitrogens with zero attached hydrogens (tertiary/aromatic N) is 1. The SMILES string of the molecule is CCOc1ccc(N(CC(=O)O)C(=O)[C@H](C)CS)cc1. The van der Waals surface area contributed by atoms with E-state index < -0.39 is 5.97 Å². The summed E-state index contributed by atoms with van der Waals surface area (Å²) in [5.41, 5.74) is 0.537. The first-order valence-corrected chi connectivity index (χ1v) is 6.99. The molecule has 0 heterocycles. The van der Waals surface area contributed by atoms with Gasteiger partial charge in [0.15, 0.2) is 0 Å². The number of amides is 1. The lowest BCUT2D eigenvalue weighted by molar-refractivity contribution is -0.137. The van der Waals surface area contributed by atoms with Crippen molar-refractivity contribution in [3.05, 3.63) is 24.3 Å². The molecular weight excluding hydrogens is 278 g/mol. The maximum Gasteiger partial charge on any atom is 0.323 e. The van der Waals surface area contributed by atoms with E-state index in [1.54, 1.807) is 31.2 Å². The van der Waals surface area contributed by atoms with E-state index in [1.165, 1.54) is 4.90 Å². The quantitative estimate of drug-likeness (QED) is 0.756. The van der Waals surface area contributed by atoms with Gasteiger partial charge in [0.1, 0.15) is 12.3 Å². The third kappa shape index (κ3) is 4.45. The van der Waals surface area contributed by atoms with Gasteiger partial charge in [0.25, 0.3) is 0 Å². The molecule has 0 aromatic heterocycles. The molecule has 110 valence electrons. The summed E-state index contributed by atoms with van der Waals surface area (Å²) in [6.45, 7) is 3.78. The molecule has 5 nitrogen and oxygen atoms in total. The van der Waals surface area contributed by atoms with Gasteiger partial charge in [0.2, 0.25) is 5.91 Å². The predicted molar refractivity (Wildman–Crippen MR) is 80.6 cm³/mol. The predicted octanol–water partition coefficient (Wildman–Crippen LogP) is 2.07. The minimum Gasteiger partial charge on any atom is -0.494 e. The van der Waals surface area contributed by atoms with Crippen LogP contribution >= 0.6 is 12.6 Å². The van der Waals surface area contributed by atoms with Gasteiger partial charge in [-0.3, -0.25) is 9.59 Å². The third-order valence-corrected chi connectivity index (χ3v) is 3.26. The van der Waals surface area contributed by atoms with Crippen molar-refractivity contribution in [1.82, 2.24) is 0 Å². The Kier molecular flexibility index (Phi) is 6.38. The Balaban J connectivity index is 2.97. The van der Waals surface area contributed by atoms with Crippen LogP contribution in [0.1, 0.15) is 13.8 Å². The first-order valence-electron chi connectivity index (χ1n) is 6.36. The minimum atomic E-state index is -1.06. The number of aliphatic carboxylic acids is 1. The lowest BCUT2D eigenvalue weighted by Crippen LogP contribution is -2.39. The van der Waals surface area contributed by atoms with Crippen molar-refractivity contribution < 1.29 is 19.4 Å². The van der Waals surface area contributed by atoms with Crippen LogP contribution in [0.15, 0.2) is 24.3 Å². The summed E-state index contributed by atoms with van der Waals surface area (Å²) in [7, 11) is 0. The molecule has 0 radical (unpaired) electrons. The summed E-state index contributed by atoms with van der Waals surface area (Å²) in [6, 6.07) is 6.78. The maximum atomic E-state index is 12.2. The van der Waals surface area contributed by atoms with E-state index in [4.69, 9.17) is 9.84 Å². The molecule has 0 unspecified atom stereocenters. The van der Waals surface area contributed by atoms with E-state index in [-0.39, 0.29) is 18.4 Å². The van der Waals surface area contributed by atoms with Crippen LogP contribution in [0.4, 0.5) is 5.69 Å². The van der Waals surface area contributed by atoms with E-state index in [1.807, 2.05) is 6.92 Å². The number of carboxylic acids is 1. The first kappa shape index (κ1) is 16.4. The molecule has 0 bridgehead atoms. The molecule has 0 spiro atoms.